The zero-order valence-electron chi connectivity index (χ0n) is 12.9. The van der Waals surface area contributed by atoms with E-state index in [-0.39, 0.29) is 5.75 Å². The number of halogens is 1. The number of hydrogen-bond donors (Lipinski definition) is 1. The number of aromatic nitrogens is 2. The van der Waals surface area contributed by atoms with Crippen LogP contribution in [0.5, 0.6) is 5.75 Å². The fourth-order valence-corrected chi connectivity index (χ4v) is 3.59. The Labute approximate surface area is 143 Å². The number of benzene rings is 2. The van der Waals surface area contributed by atoms with E-state index < -0.39 is 5.82 Å². The van der Waals surface area contributed by atoms with Crippen molar-refractivity contribution in [2.75, 3.05) is 18.0 Å². The summed E-state index contributed by atoms with van der Waals surface area (Å²) in [4.78, 5) is 6.91. The van der Waals surface area contributed by atoms with Gasteiger partial charge in [0, 0.05) is 29.9 Å². The molecule has 3 aromatic rings. The van der Waals surface area contributed by atoms with Crippen LogP contribution in [0.4, 0.5) is 10.1 Å². The molecule has 0 radical (unpaired) electrons. The molecule has 2 aromatic carbocycles. The monoisotopic (exact) mass is 341 g/mol. The molecule has 2 heterocycles. The number of phenols is 1. The van der Waals surface area contributed by atoms with Crippen molar-refractivity contribution in [1.29, 1.82) is 0 Å². The van der Waals surface area contributed by atoms with E-state index in [1.54, 1.807) is 6.07 Å². The molecule has 0 atom stereocenters. The van der Waals surface area contributed by atoms with Crippen LogP contribution < -0.4 is 4.90 Å². The normalized spacial score (nSPS) is 14.3. The molecule has 1 aliphatic rings. The Kier molecular flexibility index (Phi) is 3.90. The molecule has 0 saturated carbocycles. The quantitative estimate of drug-likeness (QED) is 0.771. The van der Waals surface area contributed by atoms with Crippen molar-refractivity contribution >= 4 is 17.2 Å². The number of nitrogens with zero attached hydrogens (tertiary/aromatic N) is 3. The van der Waals surface area contributed by atoms with Gasteiger partial charge in [0.05, 0.1) is 0 Å². The summed E-state index contributed by atoms with van der Waals surface area (Å²) >= 11 is 1.29. The molecule has 1 fully saturated rings. The van der Waals surface area contributed by atoms with E-state index >= 15 is 0 Å². The predicted octanol–water partition coefficient (Wildman–Crippen LogP) is 4.32. The highest BCUT2D eigenvalue weighted by Gasteiger charge is 2.15. The predicted molar refractivity (Wildman–Crippen MR) is 93.9 cm³/mol. The van der Waals surface area contributed by atoms with Crippen molar-refractivity contribution in [1.82, 2.24) is 9.36 Å². The number of hydrogen-bond acceptors (Lipinski definition) is 5. The maximum Gasteiger partial charge on any atom is 0.173 e. The summed E-state index contributed by atoms with van der Waals surface area (Å²) in [6.45, 7) is 2.19. The highest BCUT2D eigenvalue weighted by atomic mass is 32.1. The highest BCUT2D eigenvalue weighted by Crippen LogP contribution is 2.30. The molecule has 122 valence electrons. The first-order chi connectivity index (χ1) is 11.7. The highest BCUT2D eigenvalue weighted by molar-refractivity contribution is 7.09. The third-order valence-corrected chi connectivity index (χ3v) is 4.96. The Bertz CT molecular complexity index is 874. The first-order valence-corrected chi connectivity index (χ1v) is 8.66. The molecule has 0 aliphatic carbocycles. The Morgan fingerprint density at radius 3 is 2.67 bits per heavy atom. The van der Waals surface area contributed by atoms with Gasteiger partial charge in [0.2, 0.25) is 0 Å². The van der Waals surface area contributed by atoms with E-state index in [2.05, 4.69) is 26.4 Å². The number of rotatable bonds is 3. The molecular weight excluding hydrogens is 325 g/mol. The molecule has 0 spiro atoms. The van der Waals surface area contributed by atoms with E-state index in [1.807, 2.05) is 12.1 Å². The maximum absolute atomic E-state index is 13.5. The Balaban J connectivity index is 1.64. The zero-order chi connectivity index (χ0) is 16.5. The van der Waals surface area contributed by atoms with Crippen LogP contribution in [0.25, 0.3) is 22.0 Å². The summed E-state index contributed by atoms with van der Waals surface area (Å²) in [5.74, 6) is -0.562. The molecule has 4 rings (SSSR count). The van der Waals surface area contributed by atoms with Crippen molar-refractivity contribution in [2.45, 2.75) is 12.8 Å². The fraction of sp³-hybridized carbons (Fsp3) is 0.222. The molecule has 1 aromatic heterocycles. The zero-order valence-corrected chi connectivity index (χ0v) is 13.8. The van der Waals surface area contributed by atoms with Crippen molar-refractivity contribution < 1.29 is 9.50 Å². The third-order valence-electron chi connectivity index (χ3n) is 4.20. The fourth-order valence-electron chi connectivity index (χ4n) is 2.91. The molecule has 24 heavy (non-hydrogen) atoms. The van der Waals surface area contributed by atoms with E-state index in [1.165, 1.54) is 42.2 Å². The minimum atomic E-state index is -0.667. The van der Waals surface area contributed by atoms with E-state index in [4.69, 9.17) is 0 Å². The lowest BCUT2D eigenvalue weighted by Gasteiger charge is -2.17. The van der Waals surface area contributed by atoms with E-state index in [0.717, 1.165) is 23.7 Å². The molecule has 1 aliphatic heterocycles. The van der Waals surface area contributed by atoms with Crippen molar-refractivity contribution in [2.24, 2.45) is 0 Å². The second-order valence-electron chi connectivity index (χ2n) is 5.83. The Hall–Kier alpha value is -2.47. The van der Waals surface area contributed by atoms with Crippen LogP contribution >= 0.6 is 11.5 Å². The van der Waals surface area contributed by atoms with Gasteiger partial charge in [-0.2, -0.15) is 4.37 Å². The van der Waals surface area contributed by atoms with Crippen molar-refractivity contribution in [3.05, 3.63) is 48.3 Å². The summed E-state index contributed by atoms with van der Waals surface area (Å²) in [5, 5.41) is 10.1. The number of phenolic OH excluding ortho intramolecular Hbond substituents is 1. The van der Waals surface area contributed by atoms with Gasteiger partial charge in [0.1, 0.15) is 5.01 Å². The smallest absolute Gasteiger partial charge is 0.173 e. The lowest BCUT2D eigenvalue weighted by atomic mass is 10.2. The summed E-state index contributed by atoms with van der Waals surface area (Å²) < 4.78 is 17.8. The average Bonchev–Trinajstić information content (AvgIpc) is 3.29. The summed E-state index contributed by atoms with van der Waals surface area (Å²) in [5.41, 5.74) is 2.78. The van der Waals surface area contributed by atoms with Gasteiger partial charge in [0.15, 0.2) is 17.4 Å². The van der Waals surface area contributed by atoms with E-state index in [9.17, 15) is 9.50 Å². The van der Waals surface area contributed by atoms with Gasteiger partial charge in [0.25, 0.3) is 0 Å². The minimum Gasteiger partial charge on any atom is -0.505 e. The van der Waals surface area contributed by atoms with E-state index in [0.29, 0.717) is 11.4 Å². The molecule has 1 N–H and O–H groups in total. The first kappa shape index (κ1) is 15.1. The Morgan fingerprint density at radius 2 is 1.88 bits per heavy atom. The largest absolute Gasteiger partial charge is 0.505 e. The minimum absolute atomic E-state index is 0.368. The van der Waals surface area contributed by atoms with Gasteiger partial charge < -0.3 is 10.0 Å². The van der Waals surface area contributed by atoms with Crippen LogP contribution in [0.3, 0.4) is 0 Å². The standard InChI is InChI=1S/C18H16FN3OS/c19-15-11-12(6-7-16(15)23)17-20-18(24-21-17)13-4-3-5-14(10-13)22-8-1-2-9-22/h3-7,10-11,23H,1-2,8-9H2. The van der Waals surface area contributed by atoms with Crippen LogP contribution in [0.2, 0.25) is 0 Å². The van der Waals surface area contributed by atoms with Crippen LogP contribution in [-0.4, -0.2) is 27.6 Å². The summed E-state index contributed by atoms with van der Waals surface area (Å²) in [6, 6.07) is 12.5. The lowest BCUT2D eigenvalue weighted by molar-refractivity contribution is 0.432. The van der Waals surface area contributed by atoms with Gasteiger partial charge in [-0.05, 0) is 54.7 Å². The van der Waals surface area contributed by atoms with Gasteiger partial charge in [-0.3, -0.25) is 0 Å². The van der Waals surface area contributed by atoms with Gasteiger partial charge in [-0.1, -0.05) is 12.1 Å². The summed E-state index contributed by atoms with van der Waals surface area (Å²) in [7, 11) is 0. The molecule has 4 nitrogen and oxygen atoms in total. The molecule has 0 bridgehead atoms. The van der Waals surface area contributed by atoms with Crippen molar-refractivity contribution in [3.63, 3.8) is 0 Å². The number of anilines is 1. The average molecular weight is 341 g/mol. The molecule has 1 saturated heterocycles. The molecular formula is C18H16FN3OS. The van der Waals surface area contributed by atoms with Gasteiger partial charge in [-0.25, -0.2) is 9.37 Å². The van der Waals surface area contributed by atoms with Crippen LogP contribution in [0.1, 0.15) is 12.8 Å². The second kappa shape index (κ2) is 6.20. The molecule has 6 heteroatoms. The molecule has 0 amide bonds. The van der Waals surface area contributed by atoms with Crippen LogP contribution in [-0.2, 0) is 0 Å². The summed E-state index contributed by atoms with van der Waals surface area (Å²) in [6.07, 6.45) is 2.47. The van der Waals surface area contributed by atoms with Gasteiger partial charge >= 0.3 is 0 Å². The van der Waals surface area contributed by atoms with Crippen LogP contribution in [0.15, 0.2) is 42.5 Å². The first-order valence-electron chi connectivity index (χ1n) is 7.89. The van der Waals surface area contributed by atoms with Gasteiger partial charge in [-0.15, -0.1) is 0 Å². The van der Waals surface area contributed by atoms with Crippen molar-refractivity contribution in [3.8, 4) is 27.7 Å². The number of aromatic hydroxyl groups is 1. The lowest BCUT2D eigenvalue weighted by Crippen LogP contribution is -2.17. The maximum atomic E-state index is 13.5. The molecule has 0 unspecified atom stereocenters. The van der Waals surface area contributed by atoms with Crippen LogP contribution in [0, 0.1) is 5.82 Å². The Morgan fingerprint density at radius 1 is 1.04 bits per heavy atom. The SMILES string of the molecule is Oc1ccc(-c2nsc(-c3cccc(N4CCCC4)c3)n2)cc1F. The second-order valence-corrected chi connectivity index (χ2v) is 6.59. The third kappa shape index (κ3) is 2.85. The topological polar surface area (TPSA) is 49.3 Å².